The molecule has 0 radical (unpaired) electrons. The van der Waals surface area contributed by atoms with Crippen molar-refractivity contribution in [2.75, 3.05) is 0 Å². The zero-order valence-corrected chi connectivity index (χ0v) is 18.8. The number of hydrogen-bond donors (Lipinski definition) is 2. The van der Waals surface area contributed by atoms with Gasteiger partial charge in [0.15, 0.2) is 0 Å². The first-order chi connectivity index (χ1) is 14.6. The number of aliphatic carboxylic acids is 1. The Morgan fingerprint density at radius 1 is 1.00 bits per heavy atom. The number of carbonyl (C=O) groups excluding carboxylic acids is 1. The van der Waals surface area contributed by atoms with Gasteiger partial charge in [0.05, 0.1) is 10.5 Å². The fourth-order valence-corrected chi connectivity index (χ4v) is 3.17. The van der Waals surface area contributed by atoms with Crippen LogP contribution >= 0.6 is 0 Å². The summed E-state index contributed by atoms with van der Waals surface area (Å²) in [6.07, 6.45) is -3.28. The molecule has 2 aromatic carbocycles. The maximum Gasteiger partial charge on any atom is 0.515 e. The number of nitrogens with zero attached hydrogens (tertiary/aromatic N) is 1. The topological polar surface area (TPSA) is 136 Å². The van der Waals surface area contributed by atoms with E-state index in [4.69, 9.17) is 9.47 Å². The highest BCUT2D eigenvalue weighted by Crippen LogP contribution is 2.41. The Labute approximate surface area is 185 Å². The van der Waals surface area contributed by atoms with Crippen LogP contribution in [0.1, 0.15) is 64.3 Å². The van der Waals surface area contributed by atoms with Crippen molar-refractivity contribution in [1.29, 1.82) is 0 Å². The molecule has 2 N–H and O–H groups in total. The number of nitro benzene ring substituents is 1. The number of hydrogen-bond acceptors (Lipinski definition) is 7. The molecule has 9 nitrogen and oxygen atoms in total. The van der Waals surface area contributed by atoms with E-state index in [1.54, 1.807) is 0 Å². The molecule has 0 aliphatic rings. The zero-order valence-electron chi connectivity index (χ0n) is 18.8. The molecule has 0 saturated heterocycles. The predicted molar refractivity (Wildman–Crippen MR) is 116 cm³/mol. The number of rotatable bonds is 5. The first-order valence-electron chi connectivity index (χ1n) is 9.85. The van der Waals surface area contributed by atoms with Crippen molar-refractivity contribution in [2.45, 2.75) is 58.5 Å². The lowest BCUT2D eigenvalue weighted by molar-refractivity contribution is -0.386. The number of aromatic hydroxyl groups is 1. The molecule has 0 fully saturated rings. The summed E-state index contributed by atoms with van der Waals surface area (Å²) in [6.45, 7) is 11.2. The van der Waals surface area contributed by atoms with Crippen molar-refractivity contribution in [3.63, 3.8) is 0 Å². The number of nitro groups is 1. The lowest BCUT2D eigenvalue weighted by atomic mass is 9.81. The Morgan fingerprint density at radius 3 is 2.06 bits per heavy atom. The van der Waals surface area contributed by atoms with Crippen LogP contribution in [0, 0.1) is 10.1 Å². The Hall–Kier alpha value is -3.62. The minimum absolute atomic E-state index is 0.0338. The molecule has 0 heterocycles. The molecule has 1 atom stereocenters. The van der Waals surface area contributed by atoms with Gasteiger partial charge in [-0.15, -0.1) is 0 Å². The van der Waals surface area contributed by atoms with Gasteiger partial charge >= 0.3 is 12.1 Å². The van der Waals surface area contributed by atoms with E-state index in [-0.39, 0.29) is 17.1 Å². The molecule has 172 valence electrons. The van der Waals surface area contributed by atoms with Crippen molar-refractivity contribution in [2.24, 2.45) is 0 Å². The van der Waals surface area contributed by atoms with E-state index in [0.29, 0.717) is 11.1 Å². The van der Waals surface area contributed by atoms with Gasteiger partial charge in [0.1, 0.15) is 11.5 Å². The first kappa shape index (κ1) is 24.6. The smallest absolute Gasteiger partial charge is 0.508 e. The SMILES string of the molecule is CC(C)(C)c1cc(OC(=O)OC(C(=O)O)c2ccccc2[N+](=O)[O-])c(C(C)(C)C)cc1O. The lowest BCUT2D eigenvalue weighted by Crippen LogP contribution is -2.24. The maximum atomic E-state index is 12.6. The zero-order chi connectivity index (χ0) is 24.4. The number of carboxylic acids is 1. The van der Waals surface area contributed by atoms with Crippen LogP contribution in [-0.4, -0.2) is 27.3 Å². The van der Waals surface area contributed by atoms with Gasteiger partial charge < -0.3 is 19.7 Å². The van der Waals surface area contributed by atoms with Gasteiger partial charge in [-0.25, -0.2) is 9.59 Å². The summed E-state index contributed by atoms with van der Waals surface area (Å²) in [5.74, 6) is -1.46. The average Bonchev–Trinajstić information content (AvgIpc) is 2.65. The van der Waals surface area contributed by atoms with E-state index in [1.165, 1.54) is 30.3 Å². The molecule has 0 saturated carbocycles. The highest BCUT2D eigenvalue weighted by molar-refractivity contribution is 5.79. The molecule has 0 amide bonds. The predicted octanol–water partition coefficient (Wildman–Crippen LogP) is 5.24. The fraction of sp³-hybridized carbons (Fsp3) is 0.391. The molecule has 0 aromatic heterocycles. The Bertz CT molecular complexity index is 1050. The van der Waals surface area contributed by atoms with Gasteiger partial charge in [-0.3, -0.25) is 10.1 Å². The molecule has 0 aliphatic heterocycles. The van der Waals surface area contributed by atoms with Crippen LogP contribution in [0.4, 0.5) is 10.5 Å². The third kappa shape index (κ3) is 5.54. The summed E-state index contributed by atoms with van der Waals surface area (Å²) >= 11 is 0. The van der Waals surface area contributed by atoms with Crippen LogP contribution in [0.15, 0.2) is 36.4 Å². The van der Waals surface area contributed by atoms with Crippen LogP contribution in [0.3, 0.4) is 0 Å². The molecule has 0 aliphatic carbocycles. The van der Waals surface area contributed by atoms with E-state index in [1.807, 2.05) is 41.5 Å². The quantitative estimate of drug-likeness (QED) is 0.276. The van der Waals surface area contributed by atoms with Crippen LogP contribution in [0.5, 0.6) is 11.5 Å². The second-order valence-electron chi connectivity index (χ2n) is 9.37. The monoisotopic (exact) mass is 445 g/mol. The molecule has 2 aromatic rings. The summed E-state index contributed by atoms with van der Waals surface area (Å²) in [5, 5.41) is 31.3. The molecule has 0 spiro atoms. The molecule has 9 heteroatoms. The number of carbonyl (C=O) groups is 2. The summed E-state index contributed by atoms with van der Waals surface area (Å²) in [4.78, 5) is 34.8. The average molecular weight is 445 g/mol. The van der Waals surface area contributed by atoms with Crippen molar-refractivity contribution < 1.29 is 34.2 Å². The van der Waals surface area contributed by atoms with Gasteiger partial charge in [-0.2, -0.15) is 0 Å². The van der Waals surface area contributed by atoms with Gasteiger partial charge in [0.25, 0.3) is 5.69 Å². The Balaban J connectivity index is 2.45. The Morgan fingerprint density at radius 2 is 1.56 bits per heavy atom. The third-order valence-electron chi connectivity index (χ3n) is 4.76. The standard InChI is InChI=1S/C23H27NO8/c1-22(2,3)14-12-18(15(11-17(14)25)23(4,5)6)31-21(28)32-19(20(26)27)13-9-7-8-10-16(13)24(29)30/h7-12,19,25H,1-6H3,(H,26,27). The van der Waals surface area contributed by atoms with Crippen LogP contribution in [-0.2, 0) is 20.4 Å². The minimum atomic E-state index is -1.94. The molecule has 2 rings (SSSR count). The van der Waals surface area contributed by atoms with Crippen molar-refractivity contribution in [3.05, 3.63) is 63.2 Å². The van der Waals surface area contributed by atoms with E-state index in [9.17, 15) is 29.9 Å². The highest BCUT2D eigenvalue weighted by Gasteiger charge is 2.33. The highest BCUT2D eigenvalue weighted by atomic mass is 16.7. The molecular formula is C23H27NO8. The van der Waals surface area contributed by atoms with Gasteiger partial charge in [0.2, 0.25) is 6.10 Å². The van der Waals surface area contributed by atoms with Crippen molar-refractivity contribution >= 4 is 17.8 Å². The second kappa shape index (κ2) is 8.86. The summed E-state index contributed by atoms with van der Waals surface area (Å²) in [7, 11) is 0. The number of phenolic OH excluding ortho intramolecular Hbond substituents is 1. The lowest BCUT2D eigenvalue weighted by Gasteiger charge is -2.27. The van der Waals surface area contributed by atoms with E-state index in [2.05, 4.69) is 0 Å². The summed E-state index contributed by atoms with van der Waals surface area (Å²) < 4.78 is 10.3. The largest absolute Gasteiger partial charge is 0.515 e. The fourth-order valence-electron chi connectivity index (χ4n) is 3.17. The van der Waals surface area contributed by atoms with Crippen molar-refractivity contribution in [3.8, 4) is 11.5 Å². The Kier molecular flexibility index (Phi) is 6.82. The van der Waals surface area contributed by atoms with Gasteiger partial charge in [-0.1, -0.05) is 53.7 Å². The number of benzene rings is 2. The van der Waals surface area contributed by atoms with E-state index < -0.39 is 39.7 Å². The molecule has 32 heavy (non-hydrogen) atoms. The van der Waals surface area contributed by atoms with Crippen LogP contribution in [0.25, 0.3) is 0 Å². The van der Waals surface area contributed by atoms with E-state index in [0.717, 1.165) is 6.07 Å². The molecular weight excluding hydrogens is 418 g/mol. The van der Waals surface area contributed by atoms with Crippen molar-refractivity contribution in [1.82, 2.24) is 0 Å². The third-order valence-corrected chi connectivity index (χ3v) is 4.76. The molecule has 1 unspecified atom stereocenters. The van der Waals surface area contributed by atoms with E-state index >= 15 is 0 Å². The van der Waals surface area contributed by atoms with Gasteiger partial charge in [0, 0.05) is 17.2 Å². The normalized spacial score (nSPS) is 12.7. The number of phenols is 1. The number of carboxylic acid groups (broad SMARTS) is 1. The number of para-hydroxylation sites is 1. The van der Waals surface area contributed by atoms with Crippen LogP contribution in [0.2, 0.25) is 0 Å². The second-order valence-corrected chi connectivity index (χ2v) is 9.37. The molecule has 0 bridgehead atoms. The summed E-state index contributed by atoms with van der Waals surface area (Å²) in [6, 6.07) is 8.10. The number of ether oxygens (including phenoxy) is 2. The minimum Gasteiger partial charge on any atom is -0.508 e. The summed E-state index contributed by atoms with van der Waals surface area (Å²) in [5.41, 5.74) is -0.786. The maximum absolute atomic E-state index is 12.6. The van der Waals surface area contributed by atoms with Gasteiger partial charge in [-0.05, 0) is 29.0 Å². The van der Waals surface area contributed by atoms with Crippen LogP contribution < -0.4 is 4.74 Å². The first-order valence-corrected chi connectivity index (χ1v) is 9.85.